The summed E-state index contributed by atoms with van der Waals surface area (Å²) in [5, 5.41) is 3.89. The van der Waals surface area contributed by atoms with Gasteiger partial charge in [0.1, 0.15) is 0 Å². The van der Waals surface area contributed by atoms with Gasteiger partial charge in [0.2, 0.25) is 0 Å². The molecule has 1 aromatic carbocycles. The molecule has 0 saturated carbocycles. The highest BCUT2D eigenvalue weighted by Crippen LogP contribution is 2.23. The largest absolute Gasteiger partial charge is 0.334 e. The maximum atomic E-state index is 5.44. The van der Waals surface area contributed by atoms with Crippen LogP contribution in [0.15, 0.2) is 22.7 Å². The summed E-state index contributed by atoms with van der Waals surface area (Å²) in [6, 6.07) is 6.04. The Morgan fingerprint density at radius 1 is 1.31 bits per heavy atom. The van der Waals surface area contributed by atoms with Crippen LogP contribution in [0.4, 0.5) is 0 Å². The average molecular weight is 217 g/mol. The lowest BCUT2D eigenvalue weighted by molar-refractivity contribution is 0.422. The Labute approximate surface area is 94.5 Å². The van der Waals surface area contributed by atoms with E-state index >= 15 is 0 Å². The normalized spacial score (nSPS) is 10.7. The van der Waals surface area contributed by atoms with E-state index in [-0.39, 0.29) is 0 Å². The molecule has 16 heavy (non-hydrogen) atoms. The predicted octanol–water partition coefficient (Wildman–Crippen LogP) is 1.85. The maximum Gasteiger partial charge on any atom is 0.258 e. The van der Waals surface area contributed by atoms with Gasteiger partial charge in [-0.2, -0.15) is 4.98 Å². The minimum atomic E-state index is 0.534. The standard InChI is InChI=1S/C12H15N3O/c1-8-4-3-5-10(9(8)2)12-14-11(6-7-13)15-16-12/h3-5H,6-7,13H2,1-2H3. The zero-order valence-electron chi connectivity index (χ0n) is 9.53. The monoisotopic (exact) mass is 217 g/mol. The van der Waals surface area contributed by atoms with E-state index in [2.05, 4.69) is 30.1 Å². The summed E-state index contributed by atoms with van der Waals surface area (Å²) in [5.74, 6) is 1.24. The van der Waals surface area contributed by atoms with E-state index in [1.165, 1.54) is 11.1 Å². The Balaban J connectivity index is 2.39. The molecule has 2 aromatic rings. The summed E-state index contributed by atoms with van der Waals surface area (Å²) in [6.07, 6.45) is 0.647. The molecule has 0 saturated heterocycles. The fraction of sp³-hybridized carbons (Fsp3) is 0.333. The van der Waals surface area contributed by atoms with Crippen molar-refractivity contribution in [3.05, 3.63) is 35.2 Å². The fourth-order valence-electron chi connectivity index (χ4n) is 1.58. The molecule has 0 atom stereocenters. The Kier molecular flexibility index (Phi) is 3.01. The molecule has 0 amide bonds. The van der Waals surface area contributed by atoms with Gasteiger partial charge in [-0.1, -0.05) is 17.3 Å². The molecular formula is C12H15N3O. The van der Waals surface area contributed by atoms with Crippen molar-refractivity contribution in [3.8, 4) is 11.5 Å². The van der Waals surface area contributed by atoms with Crippen molar-refractivity contribution in [1.29, 1.82) is 0 Å². The van der Waals surface area contributed by atoms with Crippen molar-refractivity contribution >= 4 is 0 Å². The number of aromatic nitrogens is 2. The zero-order chi connectivity index (χ0) is 11.5. The van der Waals surface area contributed by atoms with E-state index in [1.807, 2.05) is 12.1 Å². The molecule has 84 valence electrons. The molecule has 4 nitrogen and oxygen atoms in total. The van der Waals surface area contributed by atoms with E-state index in [0.717, 1.165) is 5.56 Å². The average Bonchev–Trinajstić information content (AvgIpc) is 2.71. The van der Waals surface area contributed by atoms with Crippen LogP contribution < -0.4 is 5.73 Å². The SMILES string of the molecule is Cc1cccc(-c2nc(CCN)no2)c1C. The van der Waals surface area contributed by atoms with Gasteiger partial charge in [0.05, 0.1) is 0 Å². The molecule has 1 aromatic heterocycles. The summed E-state index contributed by atoms with van der Waals surface area (Å²) in [5.41, 5.74) is 8.83. The van der Waals surface area contributed by atoms with Crippen LogP contribution in [0.25, 0.3) is 11.5 Å². The number of nitrogens with zero attached hydrogens (tertiary/aromatic N) is 2. The first kappa shape index (κ1) is 10.8. The van der Waals surface area contributed by atoms with Gasteiger partial charge in [0, 0.05) is 12.0 Å². The first-order valence-corrected chi connectivity index (χ1v) is 5.31. The molecule has 0 bridgehead atoms. The van der Waals surface area contributed by atoms with E-state index < -0.39 is 0 Å². The lowest BCUT2D eigenvalue weighted by Crippen LogP contribution is -2.03. The van der Waals surface area contributed by atoms with Crippen molar-refractivity contribution in [2.45, 2.75) is 20.3 Å². The van der Waals surface area contributed by atoms with Crippen LogP contribution in [0.2, 0.25) is 0 Å². The number of rotatable bonds is 3. The molecule has 0 aliphatic heterocycles. The smallest absolute Gasteiger partial charge is 0.258 e. The number of benzene rings is 1. The van der Waals surface area contributed by atoms with E-state index in [0.29, 0.717) is 24.7 Å². The Morgan fingerprint density at radius 3 is 2.88 bits per heavy atom. The molecule has 0 spiro atoms. The topological polar surface area (TPSA) is 64.9 Å². The van der Waals surface area contributed by atoms with Crippen LogP contribution in [-0.4, -0.2) is 16.7 Å². The van der Waals surface area contributed by atoms with Crippen LogP contribution in [0, 0.1) is 13.8 Å². The predicted molar refractivity (Wildman–Crippen MR) is 62.0 cm³/mol. The molecule has 0 radical (unpaired) electrons. The van der Waals surface area contributed by atoms with Crippen LogP contribution in [-0.2, 0) is 6.42 Å². The highest BCUT2D eigenvalue weighted by Gasteiger charge is 2.11. The summed E-state index contributed by atoms with van der Waals surface area (Å²) < 4.78 is 5.22. The van der Waals surface area contributed by atoms with E-state index in [1.54, 1.807) is 0 Å². The summed E-state index contributed by atoms with van der Waals surface area (Å²) in [4.78, 5) is 4.31. The van der Waals surface area contributed by atoms with Crippen molar-refractivity contribution < 1.29 is 4.52 Å². The fourth-order valence-corrected chi connectivity index (χ4v) is 1.58. The van der Waals surface area contributed by atoms with E-state index in [4.69, 9.17) is 10.3 Å². The van der Waals surface area contributed by atoms with Crippen LogP contribution >= 0.6 is 0 Å². The van der Waals surface area contributed by atoms with Gasteiger partial charge < -0.3 is 10.3 Å². The number of aryl methyl sites for hydroxylation is 1. The third kappa shape index (κ3) is 1.97. The zero-order valence-corrected chi connectivity index (χ0v) is 9.53. The minimum absolute atomic E-state index is 0.534. The molecule has 2 rings (SSSR count). The quantitative estimate of drug-likeness (QED) is 0.852. The highest BCUT2D eigenvalue weighted by molar-refractivity contribution is 5.59. The molecular weight excluding hydrogens is 202 g/mol. The van der Waals surface area contributed by atoms with Gasteiger partial charge >= 0.3 is 0 Å². The molecule has 0 aliphatic carbocycles. The van der Waals surface area contributed by atoms with Gasteiger partial charge in [-0.15, -0.1) is 0 Å². The molecule has 0 fully saturated rings. The number of hydrogen-bond acceptors (Lipinski definition) is 4. The first-order chi connectivity index (χ1) is 7.72. The third-order valence-electron chi connectivity index (χ3n) is 2.67. The summed E-state index contributed by atoms with van der Waals surface area (Å²) in [6.45, 7) is 4.65. The van der Waals surface area contributed by atoms with Gasteiger partial charge in [-0.3, -0.25) is 0 Å². The molecule has 0 unspecified atom stereocenters. The molecule has 4 heteroatoms. The second-order valence-electron chi connectivity index (χ2n) is 3.80. The number of nitrogens with two attached hydrogens (primary N) is 1. The summed E-state index contributed by atoms with van der Waals surface area (Å²) in [7, 11) is 0. The minimum Gasteiger partial charge on any atom is -0.334 e. The van der Waals surface area contributed by atoms with Gasteiger partial charge in [0.15, 0.2) is 5.82 Å². The third-order valence-corrected chi connectivity index (χ3v) is 2.67. The molecule has 2 N–H and O–H groups in total. The van der Waals surface area contributed by atoms with Crippen molar-refractivity contribution in [3.63, 3.8) is 0 Å². The number of hydrogen-bond donors (Lipinski definition) is 1. The van der Waals surface area contributed by atoms with Crippen molar-refractivity contribution in [2.24, 2.45) is 5.73 Å². The summed E-state index contributed by atoms with van der Waals surface area (Å²) >= 11 is 0. The Morgan fingerprint density at radius 2 is 2.12 bits per heavy atom. The lowest BCUT2D eigenvalue weighted by atomic mass is 10.0. The Hall–Kier alpha value is -1.68. The van der Waals surface area contributed by atoms with Crippen LogP contribution in [0.1, 0.15) is 17.0 Å². The Bertz CT molecular complexity index is 491. The van der Waals surface area contributed by atoms with Crippen molar-refractivity contribution in [2.75, 3.05) is 6.54 Å². The van der Waals surface area contributed by atoms with Crippen molar-refractivity contribution in [1.82, 2.24) is 10.1 Å². The molecule has 1 heterocycles. The first-order valence-electron chi connectivity index (χ1n) is 5.31. The van der Waals surface area contributed by atoms with Gasteiger partial charge in [-0.05, 0) is 37.6 Å². The molecule has 0 aliphatic rings. The van der Waals surface area contributed by atoms with Gasteiger partial charge in [0.25, 0.3) is 5.89 Å². The van der Waals surface area contributed by atoms with Gasteiger partial charge in [-0.25, -0.2) is 0 Å². The highest BCUT2D eigenvalue weighted by atomic mass is 16.5. The second kappa shape index (κ2) is 4.45. The van der Waals surface area contributed by atoms with E-state index in [9.17, 15) is 0 Å². The van der Waals surface area contributed by atoms with Crippen LogP contribution in [0.5, 0.6) is 0 Å². The lowest BCUT2D eigenvalue weighted by Gasteiger charge is -2.03. The second-order valence-corrected chi connectivity index (χ2v) is 3.80. The van der Waals surface area contributed by atoms with Crippen LogP contribution in [0.3, 0.4) is 0 Å². The maximum absolute atomic E-state index is 5.44.